The van der Waals surface area contributed by atoms with Crippen LogP contribution in [0.4, 0.5) is 4.79 Å². The molecule has 1 aromatic rings. The molecule has 110 valence electrons. The van der Waals surface area contributed by atoms with Crippen LogP contribution >= 0.6 is 34.4 Å². The molecule has 0 bridgehead atoms. The summed E-state index contributed by atoms with van der Waals surface area (Å²) in [6.45, 7) is 1.47. The maximum absolute atomic E-state index is 12.3. The van der Waals surface area contributed by atoms with Crippen molar-refractivity contribution < 1.29 is 19.1 Å². The molecule has 0 radical (unpaired) electrons. The van der Waals surface area contributed by atoms with Crippen molar-refractivity contribution in [3.63, 3.8) is 0 Å². The number of carbonyl (C=O) groups is 3. The van der Waals surface area contributed by atoms with Crippen LogP contribution in [0.2, 0.25) is 0 Å². The molecule has 21 heavy (non-hydrogen) atoms. The number of carbonyl (C=O) groups excluding carboxylic acids is 3. The van der Waals surface area contributed by atoms with E-state index < -0.39 is 23.2 Å². The van der Waals surface area contributed by atoms with Crippen LogP contribution in [0.15, 0.2) is 29.2 Å². The molecule has 1 fully saturated rings. The van der Waals surface area contributed by atoms with Crippen molar-refractivity contribution in [2.75, 3.05) is 7.11 Å². The molecular weight excluding hydrogens is 405 g/mol. The van der Waals surface area contributed by atoms with Crippen LogP contribution in [0.1, 0.15) is 12.5 Å². The third-order valence-electron chi connectivity index (χ3n) is 2.92. The first-order valence-corrected chi connectivity index (χ1v) is 7.94. The topological polar surface area (TPSA) is 63.7 Å². The first kappa shape index (κ1) is 16.0. The van der Waals surface area contributed by atoms with Gasteiger partial charge in [0.25, 0.3) is 11.1 Å². The van der Waals surface area contributed by atoms with E-state index >= 15 is 0 Å². The molecular formula is C14H12INO4S. The van der Waals surface area contributed by atoms with Crippen LogP contribution in [-0.4, -0.2) is 35.2 Å². The van der Waals surface area contributed by atoms with Gasteiger partial charge in [-0.05, 0) is 65.0 Å². The summed E-state index contributed by atoms with van der Waals surface area (Å²) in [4.78, 5) is 36.9. The number of amides is 2. The van der Waals surface area contributed by atoms with Crippen molar-refractivity contribution in [2.24, 2.45) is 0 Å². The number of rotatable bonds is 3. The number of thioether (sulfide) groups is 1. The first-order chi connectivity index (χ1) is 9.93. The molecule has 1 heterocycles. The average molecular weight is 417 g/mol. The third-order valence-corrected chi connectivity index (χ3v) is 4.52. The van der Waals surface area contributed by atoms with E-state index in [2.05, 4.69) is 27.3 Å². The second-order valence-electron chi connectivity index (χ2n) is 4.30. The lowest BCUT2D eigenvalue weighted by Gasteiger charge is -2.18. The average Bonchev–Trinajstić information content (AvgIpc) is 2.74. The van der Waals surface area contributed by atoms with Crippen LogP contribution in [0.25, 0.3) is 6.08 Å². The fraction of sp³-hybridized carbons (Fsp3) is 0.214. The fourth-order valence-electron chi connectivity index (χ4n) is 1.80. The highest BCUT2D eigenvalue weighted by atomic mass is 127. The molecule has 2 amide bonds. The zero-order valence-electron chi connectivity index (χ0n) is 11.3. The van der Waals surface area contributed by atoms with Crippen LogP contribution in [-0.2, 0) is 14.3 Å². The largest absolute Gasteiger partial charge is 0.467 e. The standard InChI is InChI=1S/C14H12INO4S/c1-8(13(18)20-2)16-12(17)11(21-14(16)19)7-9-3-5-10(15)6-4-9/h3-8H,1-2H3/b11-7+/t8-/m1/s1. The number of nitrogens with zero attached hydrogens (tertiary/aromatic N) is 1. The number of esters is 1. The van der Waals surface area contributed by atoms with Gasteiger partial charge in [-0.2, -0.15) is 0 Å². The lowest BCUT2D eigenvalue weighted by molar-refractivity contribution is -0.148. The Morgan fingerprint density at radius 2 is 1.95 bits per heavy atom. The number of methoxy groups -OCH3 is 1. The molecule has 1 aromatic carbocycles. The summed E-state index contributed by atoms with van der Waals surface area (Å²) in [6.07, 6.45) is 1.64. The molecule has 5 nitrogen and oxygen atoms in total. The van der Waals surface area contributed by atoms with Crippen LogP contribution in [0.5, 0.6) is 0 Å². The van der Waals surface area contributed by atoms with E-state index in [-0.39, 0.29) is 0 Å². The van der Waals surface area contributed by atoms with Gasteiger partial charge < -0.3 is 4.74 Å². The minimum absolute atomic E-state index is 0.303. The Balaban J connectivity index is 2.25. The van der Waals surface area contributed by atoms with Gasteiger partial charge in [0.15, 0.2) is 0 Å². The summed E-state index contributed by atoms with van der Waals surface area (Å²) >= 11 is 3.01. The maximum atomic E-state index is 12.3. The molecule has 7 heteroatoms. The monoisotopic (exact) mass is 417 g/mol. The van der Waals surface area contributed by atoms with Gasteiger partial charge >= 0.3 is 5.97 Å². The lowest BCUT2D eigenvalue weighted by Crippen LogP contribution is -2.42. The smallest absolute Gasteiger partial charge is 0.328 e. The first-order valence-electron chi connectivity index (χ1n) is 6.04. The number of ether oxygens (including phenoxy) is 1. The third kappa shape index (κ3) is 3.46. The van der Waals surface area contributed by atoms with Crippen molar-refractivity contribution in [1.82, 2.24) is 4.90 Å². The minimum atomic E-state index is -0.926. The summed E-state index contributed by atoms with van der Waals surface area (Å²) in [5.41, 5.74) is 0.826. The number of imide groups is 1. The van der Waals surface area contributed by atoms with E-state index in [4.69, 9.17) is 0 Å². The van der Waals surface area contributed by atoms with Gasteiger partial charge in [-0.15, -0.1) is 0 Å². The molecule has 0 spiro atoms. The Morgan fingerprint density at radius 1 is 1.33 bits per heavy atom. The summed E-state index contributed by atoms with van der Waals surface area (Å²) in [7, 11) is 1.22. The van der Waals surface area contributed by atoms with Gasteiger partial charge in [-0.3, -0.25) is 14.5 Å². The van der Waals surface area contributed by atoms with Crippen LogP contribution in [0, 0.1) is 3.57 Å². The molecule has 2 rings (SSSR count). The maximum Gasteiger partial charge on any atom is 0.328 e. The molecule has 0 aliphatic carbocycles. The highest BCUT2D eigenvalue weighted by Gasteiger charge is 2.41. The Labute approximate surface area is 139 Å². The highest BCUT2D eigenvalue weighted by Crippen LogP contribution is 2.33. The van der Waals surface area contributed by atoms with Crippen LogP contribution in [0.3, 0.4) is 0 Å². The van der Waals surface area contributed by atoms with Crippen molar-refractivity contribution in [3.8, 4) is 0 Å². The van der Waals surface area contributed by atoms with Gasteiger partial charge in [0.05, 0.1) is 12.0 Å². The van der Waals surface area contributed by atoms with E-state index in [1.165, 1.54) is 14.0 Å². The van der Waals surface area contributed by atoms with Crippen LogP contribution < -0.4 is 0 Å². The molecule has 0 aromatic heterocycles. The van der Waals surface area contributed by atoms with E-state index in [0.717, 1.165) is 25.8 Å². The predicted octanol–water partition coefficient (Wildman–Crippen LogP) is 2.89. The molecule has 1 saturated heterocycles. The molecule has 0 saturated carbocycles. The quantitative estimate of drug-likeness (QED) is 0.430. The van der Waals surface area contributed by atoms with Crippen molar-refractivity contribution in [1.29, 1.82) is 0 Å². The SMILES string of the molecule is COC(=O)[C@@H](C)N1C(=O)S/C(=C/c2ccc(I)cc2)C1=O. The second kappa shape index (κ2) is 6.61. The fourth-order valence-corrected chi connectivity index (χ4v) is 3.07. The van der Waals surface area contributed by atoms with E-state index in [9.17, 15) is 14.4 Å². The van der Waals surface area contributed by atoms with Gasteiger partial charge in [-0.25, -0.2) is 4.79 Å². The molecule has 1 aliphatic rings. The number of benzene rings is 1. The minimum Gasteiger partial charge on any atom is -0.467 e. The lowest BCUT2D eigenvalue weighted by atomic mass is 10.2. The number of hydrogen-bond donors (Lipinski definition) is 0. The Morgan fingerprint density at radius 3 is 2.52 bits per heavy atom. The molecule has 1 atom stereocenters. The summed E-state index contributed by atoms with van der Waals surface area (Å²) in [5.74, 6) is -1.09. The van der Waals surface area contributed by atoms with E-state index in [0.29, 0.717) is 4.91 Å². The van der Waals surface area contributed by atoms with Crippen molar-refractivity contribution in [2.45, 2.75) is 13.0 Å². The highest BCUT2D eigenvalue weighted by molar-refractivity contribution is 14.1. The predicted molar refractivity (Wildman–Crippen MR) is 88.4 cm³/mol. The number of hydrogen-bond acceptors (Lipinski definition) is 5. The molecule has 0 unspecified atom stereocenters. The summed E-state index contributed by atoms with van der Waals surface area (Å²) < 4.78 is 5.65. The van der Waals surface area contributed by atoms with Gasteiger partial charge in [0, 0.05) is 3.57 Å². The Bertz CT molecular complexity index is 626. The Hall–Kier alpha value is -1.35. The zero-order valence-corrected chi connectivity index (χ0v) is 14.3. The molecule has 1 aliphatic heterocycles. The van der Waals surface area contributed by atoms with E-state index in [1.807, 2.05) is 24.3 Å². The zero-order chi connectivity index (χ0) is 15.6. The van der Waals surface area contributed by atoms with Crippen molar-refractivity contribution in [3.05, 3.63) is 38.3 Å². The Kier molecular flexibility index (Phi) is 5.04. The summed E-state index contributed by atoms with van der Waals surface area (Å²) in [5, 5.41) is -0.463. The van der Waals surface area contributed by atoms with Crippen molar-refractivity contribution >= 4 is 57.5 Å². The van der Waals surface area contributed by atoms with E-state index in [1.54, 1.807) is 6.08 Å². The van der Waals surface area contributed by atoms with Gasteiger partial charge in [-0.1, -0.05) is 12.1 Å². The van der Waals surface area contributed by atoms with Gasteiger partial charge in [0.1, 0.15) is 6.04 Å². The number of halogens is 1. The second-order valence-corrected chi connectivity index (χ2v) is 6.54. The van der Waals surface area contributed by atoms with Gasteiger partial charge in [0.2, 0.25) is 0 Å². The summed E-state index contributed by atoms with van der Waals surface area (Å²) in [6, 6.07) is 6.62. The molecule has 0 N–H and O–H groups in total. The normalized spacial score (nSPS) is 18.2.